The lowest BCUT2D eigenvalue weighted by atomic mass is 10.2. The minimum absolute atomic E-state index is 0.0265. The highest BCUT2D eigenvalue weighted by molar-refractivity contribution is 14.1. The van der Waals surface area contributed by atoms with E-state index in [2.05, 4.69) is 36.4 Å². The van der Waals surface area contributed by atoms with Crippen molar-refractivity contribution in [2.75, 3.05) is 6.54 Å². The number of halogens is 3. The maximum atomic E-state index is 12.6. The van der Waals surface area contributed by atoms with Crippen LogP contribution in [0.4, 0.5) is 0 Å². The van der Waals surface area contributed by atoms with Crippen LogP contribution in [-0.2, 0) is 11.4 Å². The Kier molecular flexibility index (Phi) is 7.89. The fraction of sp³-hybridized carbons (Fsp3) is 0.238. The van der Waals surface area contributed by atoms with Gasteiger partial charge >= 0.3 is 0 Å². The molecule has 0 N–H and O–H groups in total. The van der Waals surface area contributed by atoms with Crippen LogP contribution in [0.5, 0.6) is 5.75 Å². The predicted octanol–water partition coefficient (Wildman–Crippen LogP) is 7.03. The summed E-state index contributed by atoms with van der Waals surface area (Å²) < 4.78 is 7.47. The van der Waals surface area contributed by atoms with Crippen LogP contribution < -0.4 is 4.74 Å². The van der Waals surface area contributed by atoms with Crippen molar-refractivity contribution in [2.45, 2.75) is 20.5 Å². The molecule has 0 atom stereocenters. The summed E-state index contributed by atoms with van der Waals surface area (Å²) in [7, 11) is 0. The third kappa shape index (κ3) is 5.88. The number of thioether (sulfide) groups is 1. The monoisotopic (exact) mass is 577 g/mol. The van der Waals surface area contributed by atoms with Crippen molar-refractivity contribution in [2.24, 2.45) is 5.92 Å². The number of hydrogen-bond donors (Lipinski definition) is 0. The second-order valence-corrected chi connectivity index (χ2v) is 10.6. The molecule has 1 heterocycles. The van der Waals surface area contributed by atoms with Gasteiger partial charge in [-0.2, -0.15) is 0 Å². The largest absolute Gasteiger partial charge is 0.488 e. The Hall–Kier alpha value is -0.800. The molecule has 1 aliphatic heterocycles. The number of carbonyl (C=O) groups excluding carboxylic acids is 1. The molecular weight excluding hydrogens is 560 g/mol. The van der Waals surface area contributed by atoms with Crippen LogP contribution in [-0.4, -0.2) is 21.7 Å². The molecule has 3 rings (SSSR count). The molecule has 2 aromatic carbocycles. The molecule has 0 aliphatic carbocycles. The van der Waals surface area contributed by atoms with Crippen LogP contribution in [0.3, 0.4) is 0 Å². The number of benzene rings is 2. The highest BCUT2D eigenvalue weighted by Crippen LogP contribution is 2.34. The molecule has 8 heteroatoms. The number of rotatable bonds is 6. The lowest BCUT2D eigenvalue weighted by Gasteiger charge is -2.16. The van der Waals surface area contributed by atoms with Gasteiger partial charge in [0.05, 0.1) is 8.48 Å². The Morgan fingerprint density at radius 3 is 2.66 bits per heavy atom. The summed E-state index contributed by atoms with van der Waals surface area (Å²) in [6.45, 7) is 5.12. The van der Waals surface area contributed by atoms with Gasteiger partial charge in [0.25, 0.3) is 5.91 Å². The maximum absolute atomic E-state index is 12.6. The molecule has 1 saturated heterocycles. The topological polar surface area (TPSA) is 29.5 Å². The van der Waals surface area contributed by atoms with Gasteiger partial charge in [0, 0.05) is 22.2 Å². The van der Waals surface area contributed by atoms with E-state index in [0.717, 1.165) is 20.4 Å². The molecule has 0 bridgehead atoms. The lowest BCUT2D eigenvalue weighted by molar-refractivity contribution is -0.122. The summed E-state index contributed by atoms with van der Waals surface area (Å²) in [5.74, 6) is 1.09. The number of carbonyl (C=O) groups is 1. The van der Waals surface area contributed by atoms with Crippen molar-refractivity contribution in [3.05, 3.63) is 66.0 Å². The normalized spacial score (nSPS) is 15.7. The van der Waals surface area contributed by atoms with Crippen molar-refractivity contribution < 1.29 is 9.53 Å². The SMILES string of the molecule is CC(C)CN1C(=O)/C(=C/c2ccc(OCc3ccc(Cl)cc3Cl)c(I)c2)SC1=S. The Balaban J connectivity index is 1.72. The standard InChI is InChI=1S/C21H18Cl2INO2S2/c1-12(2)10-25-20(26)19(29-21(25)28)8-13-3-6-18(17(24)7-13)27-11-14-4-5-15(22)9-16(14)23/h3-9,12H,10-11H2,1-2H3/b19-8-. The fourth-order valence-electron chi connectivity index (χ4n) is 2.69. The molecule has 0 spiro atoms. The number of thiocarbonyl (C=S) groups is 1. The van der Waals surface area contributed by atoms with Crippen LogP contribution >= 0.6 is 69.8 Å². The molecule has 29 heavy (non-hydrogen) atoms. The second kappa shape index (κ2) is 10.0. The third-order valence-electron chi connectivity index (χ3n) is 4.07. The van der Waals surface area contributed by atoms with Crippen molar-refractivity contribution in [1.29, 1.82) is 0 Å². The summed E-state index contributed by atoms with van der Waals surface area (Å²) in [5.41, 5.74) is 1.79. The van der Waals surface area contributed by atoms with E-state index >= 15 is 0 Å². The number of ether oxygens (including phenoxy) is 1. The first-order chi connectivity index (χ1) is 13.7. The molecule has 1 amide bonds. The molecular formula is C21H18Cl2INO2S2. The van der Waals surface area contributed by atoms with E-state index in [1.165, 1.54) is 11.8 Å². The van der Waals surface area contributed by atoms with E-state index in [0.29, 0.717) is 38.3 Å². The predicted molar refractivity (Wildman–Crippen MR) is 135 cm³/mol. The van der Waals surface area contributed by atoms with Gasteiger partial charge in [-0.1, -0.05) is 73.2 Å². The average Bonchev–Trinajstić information content (AvgIpc) is 2.89. The highest BCUT2D eigenvalue weighted by Gasteiger charge is 2.32. The molecule has 2 aromatic rings. The molecule has 1 aliphatic rings. The first-order valence-electron chi connectivity index (χ1n) is 8.86. The van der Waals surface area contributed by atoms with Crippen molar-refractivity contribution in [3.8, 4) is 5.75 Å². The number of amides is 1. The maximum Gasteiger partial charge on any atom is 0.266 e. The highest BCUT2D eigenvalue weighted by atomic mass is 127. The van der Waals surface area contributed by atoms with Crippen LogP contribution in [0.1, 0.15) is 25.0 Å². The molecule has 0 radical (unpaired) electrons. The van der Waals surface area contributed by atoms with Crippen molar-refractivity contribution in [1.82, 2.24) is 4.90 Å². The number of nitrogens with zero attached hydrogens (tertiary/aromatic N) is 1. The lowest BCUT2D eigenvalue weighted by Crippen LogP contribution is -2.31. The van der Waals surface area contributed by atoms with Crippen LogP contribution in [0, 0.1) is 9.49 Å². The van der Waals surface area contributed by atoms with Gasteiger partial charge in [0.15, 0.2) is 0 Å². The van der Waals surface area contributed by atoms with Crippen LogP contribution in [0.25, 0.3) is 6.08 Å². The zero-order chi connectivity index (χ0) is 21.1. The summed E-state index contributed by atoms with van der Waals surface area (Å²) in [5, 5.41) is 1.17. The summed E-state index contributed by atoms with van der Waals surface area (Å²) >= 11 is 21.1. The first-order valence-corrected chi connectivity index (χ1v) is 11.9. The Morgan fingerprint density at radius 2 is 2.00 bits per heavy atom. The zero-order valence-electron chi connectivity index (χ0n) is 15.7. The smallest absolute Gasteiger partial charge is 0.266 e. The van der Waals surface area contributed by atoms with E-state index in [9.17, 15) is 4.79 Å². The molecule has 152 valence electrons. The van der Waals surface area contributed by atoms with Crippen LogP contribution in [0.15, 0.2) is 41.3 Å². The van der Waals surface area contributed by atoms with E-state index < -0.39 is 0 Å². The molecule has 3 nitrogen and oxygen atoms in total. The van der Waals surface area contributed by atoms with Gasteiger partial charge < -0.3 is 4.74 Å². The zero-order valence-corrected chi connectivity index (χ0v) is 21.0. The van der Waals surface area contributed by atoms with E-state index in [4.69, 9.17) is 40.2 Å². The minimum Gasteiger partial charge on any atom is -0.488 e. The minimum atomic E-state index is -0.0265. The van der Waals surface area contributed by atoms with Crippen molar-refractivity contribution >= 4 is 86.1 Å². The fourth-order valence-corrected chi connectivity index (χ4v) is 5.13. The van der Waals surface area contributed by atoms with Gasteiger partial charge in [-0.3, -0.25) is 9.69 Å². The summed E-state index contributed by atoms with van der Waals surface area (Å²) in [6, 6.07) is 11.1. The Bertz CT molecular complexity index is 995. The van der Waals surface area contributed by atoms with Gasteiger partial charge in [0.1, 0.15) is 16.7 Å². The molecule has 0 saturated carbocycles. The number of hydrogen-bond acceptors (Lipinski definition) is 4. The first kappa shape index (κ1) is 22.9. The van der Waals surface area contributed by atoms with E-state index in [-0.39, 0.29) is 5.91 Å². The Labute approximate surface area is 203 Å². The third-order valence-corrected chi connectivity index (χ3v) is 6.88. The second-order valence-electron chi connectivity index (χ2n) is 6.90. The van der Waals surface area contributed by atoms with Crippen molar-refractivity contribution in [3.63, 3.8) is 0 Å². The Morgan fingerprint density at radius 1 is 1.24 bits per heavy atom. The molecule has 1 fully saturated rings. The molecule has 0 aromatic heterocycles. The molecule has 0 unspecified atom stereocenters. The van der Waals surface area contributed by atoms with Gasteiger partial charge in [-0.15, -0.1) is 0 Å². The quantitative estimate of drug-likeness (QED) is 0.209. The van der Waals surface area contributed by atoms with E-state index in [1.807, 2.05) is 30.3 Å². The summed E-state index contributed by atoms with van der Waals surface area (Å²) in [6.07, 6.45) is 1.88. The summed E-state index contributed by atoms with van der Waals surface area (Å²) in [4.78, 5) is 14.9. The average molecular weight is 578 g/mol. The van der Waals surface area contributed by atoms with Gasteiger partial charge in [-0.25, -0.2) is 0 Å². The van der Waals surface area contributed by atoms with Gasteiger partial charge in [0.2, 0.25) is 0 Å². The van der Waals surface area contributed by atoms with E-state index in [1.54, 1.807) is 17.0 Å². The van der Waals surface area contributed by atoms with Crippen LogP contribution in [0.2, 0.25) is 10.0 Å². The van der Waals surface area contributed by atoms with Gasteiger partial charge in [-0.05, 0) is 64.4 Å².